The van der Waals surface area contributed by atoms with Crippen molar-refractivity contribution in [2.24, 2.45) is 5.73 Å². The maximum Gasteiger partial charge on any atom is 0.321 e. The molecule has 0 unspecified atom stereocenters. The van der Waals surface area contributed by atoms with Crippen LogP contribution in [0.5, 0.6) is 11.5 Å². The van der Waals surface area contributed by atoms with E-state index in [1.165, 1.54) is 23.9 Å². The second-order valence-electron chi connectivity index (χ2n) is 5.04. The molecule has 0 aliphatic heterocycles. The lowest BCUT2D eigenvalue weighted by Gasteiger charge is -2.21. The van der Waals surface area contributed by atoms with Gasteiger partial charge in [-0.25, -0.2) is 0 Å². The number of nitrogens with two attached hydrogens (primary N) is 1. The summed E-state index contributed by atoms with van der Waals surface area (Å²) in [7, 11) is 1.61. The van der Waals surface area contributed by atoms with Gasteiger partial charge < -0.3 is 20.7 Å². The molecule has 23 heavy (non-hydrogen) atoms. The minimum atomic E-state index is -1.05. The van der Waals surface area contributed by atoms with Gasteiger partial charge in [-0.2, -0.15) is 0 Å². The van der Waals surface area contributed by atoms with E-state index in [9.17, 15) is 15.0 Å². The quantitative estimate of drug-likeness (QED) is 0.721. The number of hydrogen-bond acceptors (Lipinski definition) is 5. The minimum absolute atomic E-state index is 0.136. The summed E-state index contributed by atoms with van der Waals surface area (Å²) in [5, 5.41) is 18.2. The van der Waals surface area contributed by atoms with Crippen molar-refractivity contribution in [3.63, 3.8) is 0 Å². The van der Waals surface area contributed by atoms with Crippen LogP contribution in [-0.2, 0) is 10.5 Å². The van der Waals surface area contributed by atoms with E-state index in [1.807, 2.05) is 24.3 Å². The molecule has 0 aliphatic carbocycles. The van der Waals surface area contributed by atoms with E-state index < -0.39 is 17.3 Å². The van der Waals surface area contributed by atoms with E-state index in [1.54, 1.807) is 19.2 Å². The van der Waals surface area contributed by atoms with Gasteiger partial charge in [0.05, 0.1) is 12.4 Å². The molecule has 0 saturated heterocycles. The fourth-order valence-electron chi connectivity index (χ4n) is 2.11. The molecule has 6 heteroatoms. The van der Waals surface area contributed by atoms with Gasteiger partial charge in [0.15, 0.2) is 0 Å². The molecule has 2 aromatic rings. The Morgan fingerprint density at radius 2 is 1.78 bits per heavy atom. The molecule has 4 N–H and O–H groups in total. The Morgan fingerprint density at radius 3 is 2.30 bits per heavy atom. The number of aromatic hydroxyl groups is 1. The normalized spacial score (nSPS) is 13.3. The highest BCUT2D eigenvalue weighted by Gasteiger charge is 2.26. The Hall–Kier alpha value is -2.18. The van der Waals surface area contributed by atoms with Crippen molar-refractivity contribution in [1.82, 2.24) is 0 Å². The van der Waals surface area contributed by atoms with E-state index in [0.717, 1.165) is 16.9 Å². The molecule has 0 aromatic heterocycles. The number of rotatable bonds is 7. The summed E-state index contributed by atoms with van der Waals surface area (Å²) in [6, 6.07) is 13.0. The Morgan fingerprint density at radius 1 is 1.17 bits per heavy atom. The van der Waals surface area contributed by atoms with Crippen molar-refractivity contribution >= 4 is 17.7 Å². The SMILES string of the molecule is COc1ccc(CS[C@@H](c2ccc(O)cc2)[C@H](N)C(=O)O)cc1. The maximum atomic E-state index is 11.3. The van der Waals surface area contributed by atoms with Gasteiger partial charge in [0, 0.05) is 5.75 Å². The van der Waals surface area contributed by atoms with Crippen LogP contribution >= 0.6 is 11.8 Å². The zero-order valence-corrected chi connectivity index (χ0v) is 13.5. The number of aliphatic carboxylic acids is 1. The van der Waals surface area contributed by atoms with Gasteiger partial charge in [-0.05, 0) is 35.4 Å². The van der Waals surface area contributed by atoms with Crippen molar-refractivity contribution in [1.29, 1.82) is 0 Å². The van der Waals surface area contributed by atoms with Crippen molar-refractivity contribution in [3.05, 3.63) is 59.7 Å². The Bertz CT molecular complexity index is 643. The van der Waals surface area contributed by atoms with Crippen molar-refractivity contribution in [2.45, 2.75) is 17.0 Å². The third-order valence-electron chi connectivity index (χ3n) is 3.42. The van der Waals surface area contributed by atoms with E-state index in [4.69, 9.17) is 10.5 Å². The van der Waals surface area contributed by atoms with Crippen LogP contribution in [0.1, 0.15) is 16.4 Å². The summed E-state index contributed by atoms with van der Waals surface area (Å²) in [5.74, 6) is 0.481. The predicted octanol–water partition coefficient (Wildman–Crippen LogP) is 2.79. The summed E-state index contributed by atoms with van der Waals surface area (Å²) in [6.45, 7) is 0. The molecule has 2 rings (SSSR count). The number of benzene rings is 2. The highest BCUT2D eigenvalue weighted by Crippen LogP contribution is 2.35. The second kappa shape index (κ2) is 7.89. The first-order chi connectivity index (χ1) is 11.0. The van der Waals surface area contributed by atoms with Gasteiger partial charge in [-0.1, -0.05) is 24.3 Å². The highest BCUT2D eigenvalue weighted by atomic mass is 32.2. The molecule has 2 aromatic carbocycles. The third-order valence-corrected chi connectivity index (χ3v) is 4.85. The predicted molar refractivity (Wildman–Crippen MR) is 90.7 cm³/mol. The highest BCUT2D eigenvalue weighted by molar-refractivity contribution is 7.98. The number of ether oxygens (including phenoxy) is 1. The largest absolute Gasteiger partial charge is 0.508 e. The Kier molecular flexibility index (Phi) is 5.90. The first-order valence-corrected chi connectivity index (χ1v) is 8.08. The molecule has 0 saturated carbocycles. The van der Waals surface area contributed by atoms with Gasteiger partial charge in [0.1, 0.15) is 17.5 Å². The number of phenols is 1. The molecule has 122 valence electrons. The molecule has 2 atom stereocenters. The number of methoxy groups -OCH3 is 1. The third kappa shape index (κ3) is 4.64. The zero-order chi connectivity index (χ0) is 16.8. The van der Waals surface area contributed by atoms with E-state index in [0.29, 0.717) is 5.75 Å². The van der Waals surface area contributed by atoms with Gasteiger partial charge >= 0.3 is 5.97 Å². The lowest BCUT2D eigenvalue weighted by molar-refractivity contribution is -0.138. The summed E-state index contributed by atoms with van der Waals surface area (Å²) in [5.41, 5.74) is 7.66. The van der Waals surface area contributed by atoms with Crippen molar-refractivity contribution < 1.29 is 19.7 Å². The number of phenolic OH excluding ortho intramolecular Hbond substituents is 1. The fraction of sp³-hybridized carbons (Fsp3) is 0.235. The standard InChI is InChI=1S/C17H19NO4S/c1-22-14-8-2-11(3-9-14)10-23-16(15(18)17(20)21)12-4-6-13(19)7-5-12/h2-9,15-16,19H,10,18H2,1H3,(H,20,21)/t15-,16-/m0/s1. The number of hydrogen-bond donors (Lipinski definition) is 3. The van der Waals surface area contributed by atoms with Gasteiger partial charge in [-0.3, -0.25) is 4.79 Å². The first kappa shape index (κ1) is 17.2. The van der Waals surface area contributed by atoms with Crippen LogP contribution < -0.4 is 10.5 Å². The second-order valence-corrected chi connectivity index (χ2v) is 6.17. The van der Waals surface area contributed by atoms with Gasteiger partial charge in [-0.15, -0.1) is 11.8 Å². The summed E-state index contributed by atoms with van der Waals surface area (Å²) >= 11 is 1.46. The lowest BCUT2D eigenvalue weighted by Crippen LogP contribution is -2.35. The topological polar surface area (TPSA) is 92.8 Å². The molecular formula is C17H19NO4S. The van der Waals surface area contributed by atoms with Crippen LogP contribution in [-0.4, -0.2) is 29.3 Å². The molecule has 0 heterocycles. The summed E-state index contributed by atoms with van der Waals surface area (Å²) in [4.78, 5) is 11.3. The lowest BCUT2D eigenvalue weighted by atomic mass is 10.1. The first-order valence-electron chi connectivity index (χ1n) is 7.03. The maximum absolute atomic E-state index is 11.3. The minimum Gasteiger partial charge on any atom is -0.508 e. The zero-order valence-electron chi connectivity index (χ0n) is 12.7. The summed E-state index contributed by atoms with van der Waals surface area (Å²) in [6.07, 6.45) is 0. The molecule has 0 fully saturated rings. The van der Waals surface area contributed by atoms with Gasteiger partial charge in [0.2, 0.25) is 0 Å². The van der Waals surface area contributed by atoms with Crippen LogP contribution in [0.2, 0.25) is 0 Å². The average Bonchev–Trinajstić information content (AvgIpc) is 2.56. The van der Waals surface area contributed by atoms with Crippen LogP contribution in [0.3, 0.4) is 0 Å². The molecule has 0 amide bonds. The Balaban J connectivity index is 2.13. The van der Waals surface area contributed by atoms with Gasteiger partial charge in [0.25, 0.3) is 0 Å². The van der Waals surface area contributed by atoms with Crippen LogP contribution in [0, 0.1) is 0 Å². The molecule has 0 radical (unpaired) electrons. The smallest absolute Gasteiger partial charge is 0.321 e. The molecule has 0 spiro atoms. The number of carboxylic acid groups (broad SMARTS) is 1. The number of carboxylic acids is 1. The van der Waals surface area contributed by atoms with Crippen molar-refractivity contribution in [3.8, 4) is 11.5 Å². The molecular weight excluding hydrogens is 314 g/mol. The molecule has 5 nitrogen and oxygen atoms in total. The van der Waals surface area contributed by atoms with Crippen LogP contribution in [0.25, 0.3) is 0 Å². The average molecular weight is 333 g/mol. The fourth-order valence-corrected chi connectivity index (χ4v) is 3.35. The molecule has 0 aliphatic rings. The van der Waals surface area contributed by atoms with E-state index >= 15 is 0 Å². The number of thioether (sulfide) groups is 1. The molecule has 0 bridgehead atoms. The van der Waals surface area contributed by atoms with E-state index in [2.05, 4.69) is 0 Å². The van der Waals surface area contributed by atoms with E-state index in [-0.39, 0.29) is 5.75 Å². The Labute approximate surface area is 139 Å². The summed E-state index contributed by atoms with van der Waals surface area (Å²) < 4.78 is 5.12. The monoisotopic (exact) mass is 333 g/mol. The van der Waals surface area contributed by atoms with Crippen LogP contribution in [0.4, 0.5) is 0 Å². The van der Waals surface area contributed by atoms with Crippen molar-refractivity contribution in [2.75, 3.05) is 7.11 Å². The number of carbonyl (C=O) groups is 1. The van der Waals surface area contributed by atoms with Crippen LogP contribution in [0.15, 0.2) is 48.5 Å².